The number of ether oxygens (including phenoxy) is 2. The Morgan fingerprint density at radius 3 is 1.56 bits per heavy atom. The maximum Gasteiger partial charge on any atom is 0.424 e. The van der Waals surface area contributed by atoms with Gasteiger partial charge in [-0.25, -0.2) is 9.59 Å². The minimum atomic E-state index is -1.42. The fourth-order valence-corrected chi connectivity index (χ4v) is 6.40. The predicted octanol–water partition coefficient (Wildman–Crippen LogP) is 5.81. The van der Waals surface area contributed by atoms with Gasteiger partial charge < -0.3 is 9.47 Å². The molecule has 0 spiro atoms. The standard InChI is InChI=1S/C34H25NO6/c36-29-17-18-30(37)35(29)34(39)41-32(31-26-15-7-5-11-22(26)23-12-6-8-16-27(23)31)33(38)40-19-28-24-13-3-1-9-20(24)21-10-2-4-14-25(21)28/h1-16,28,31-32H,17-19H2. The Morgan fingerprint density at radius 2 is 1.07 bits per heavy atom. The molecule has 0 saturated carbocycles. The summed E-state index contributed by atoms with van der Waals surface area (Å²) >= 11 is 0. The number of likely N-dealkylation sites (tertiary alicyclic amines) is 1. The van der Waals surface area contributed by atoms with Crippen LogP contribution >= 0.6 is 0 Å². The predicted molar refractivity (Wildman–Crippen MR) is 150 cm³/mol. The highest BCUT2D eigenvalue weighted by Gasteiger charge is 2.45. The van der Waals surface area contributed by atoms with Gasteiger partial charge in [-0.15, -0.1) is 0 Å². The summed E-state index contributed by atoms with van der Waals surface area (Å²) in [5.74, 6) is -2.88. The molecule has 0 N–H and O–H groups in total. The van der Waals surface area contributed by atoms with E-state index in [4.69, 9.17) is 9.47 Å². The van der Waals surface area contributed by atoms with Crippen molar-refractivity contribution in [1.82, 2.24) is 4.90 Å². The molecule has 1 saturated heterocycles. The fourth-order valence-electron chi connectivity index (χ4n) is 6.40. The molecule has 1 unspecified atom stereocenters. The zero-order valence-corrected chi connectivity index (χ0v) is 22.0. The van der Waals surface area contributed by atoms with Crippen LogP contribution in [0.15, 0.2) is 97.1 Å². The Bertz CT molecular complexity index is 1640. The Labute approximate surface area is 236 Å². The lowest BCUT2D eigenvalue weighted by Crippen LogP contribution is -2.42. The normalized spacial score (nSPS) is 16.1. The van der Waals surface area contributed by atoms with Crippen LogP contribution < -0.4 is 0 Å². The van der Waals surface area contributed by atoms with Crippen molar-refractivity contribution in [2.45, 2.75) is 30.8 Å². The molecule has 7 heteroatoms. The number of fused-ring (bicyclic) bond motifs is 6. The molecule has 1 heterocycles. The highest BCUT2D eigenvalue weighted by molar-refractivity contribution is 6.13. The number of hydrogen-bond donors (Lipinski definition) is 0. The van der Waals surface area contributed by atoms with E-state index in [1.54, 1.807) is 0 Å². The van der Waals surface area contributed by atoms with Gasteiger partial charge in [0.25, 0.3) is 0 Å². The summed E-state index contributed by atoms with van der Waals surface area (Å²) in [5, 5.41) is 0. The van der Waals surface area contributed by atoms with Gasteiger partial charge in [0, 0.05) is 18.8 Å². The van der Waals surface area contributed by atoms with E-state index in [2.05, 4.69) is 12.1 Å². The molecular weight excluding hydrogens is 518 g/mol. The second kappa shape index (κ2) is 9.86. The monoisotopic (exact) mass is 543 g/mol. The molecule has 0 aromatic heterocycles. The molecule has 0 bridgehead atoms. The van der Waals surface area contributed by atoms with Gasteiger partial charge >= 0.3 is 12.1 Å². The van der Waals surface area contributed by atoms with Gasteiger partial charge in [0.05, 0.1) is 5.92 Å². The average molecular weight is 544 g/mol. The molecule has 202 valence electrons. The molecule has 1 fully saturated rings. The van der Waals surface area contributed by atoms with E-state index in [0.717, 1.165) is 44.5 Å². The SMILES string of the molecule is O=C(OCC1c2ccccc2-c2ccccc21)C(OC(=O)N1C(=O)CCC1=O)C1c2ccccc2-c2ccccc21. The smallest absolute Gasteiger partial charge is 0.424 e. The first-order valence-corrected chi connectivity index (χ1v) is 13.6. The van der Waals surface area contributed by atoms with Gasteiger partial charge in [-0.05, 0) is 44.5 Å². The first-order chi connectivity index (χ1) is 20.0. The number of hydrogen-bond acceptors (Lipinski definition) is 6. The van der Waals surface area contributed by atoms with E-state index in [1.807, 2.05) is 84.9 Å². The highest BCUT2D eigenvalue weighted by atomic mass is 16.6. The van der Waals surface area contributed by atoms with Crippen LogP contribution in [-0.4, -0.2) is 41.5 Å². The van der Waals surface area contributed by atoms with Gasteiger partial charge in [-0.1, -0.05) is 97.1 Å². The number of carbonyl (C=O) groups is 4. The van der Waals surface area contributed by atoms with Gasteiger partial charge in [-0.2, -0.15) is 4.90 Å². The van der Waals surface area contributed by atoms with Crippen LogP contribution in [0.4, 0.5) is 4.79 Å². The van der Waals surface area contributed by atoms with Gasteiger partial charge in [-0.3, -0.25) is 9.59 Å². The van der Waals surface area contributed by atoms with Crippen LogP contribution in [0.1, 0.15) is 46.9 Å². The largest absolute Gasteiger partial charge is 0.462 e. The first kappa shape index (κ1) is 25.0. The van der Waals surface area contributed by atoms with Crippen LogP contribution in [-0.2, 0) is 23.9 Å². The molecule has 3 aliphatic rings. The number of rotatable bonds is 5. The lowest BCUT2D eigenvalue weighted by molar-refractivity contribution is -0.156. The van der Waals surface area contributed by atoms with E-state index in [0.29, 0.717) is 4.90 Å². The summed E-state index contributed by atoms with van der Waals surface area (Å²) in [4.78, 5) is 52.3. The second-order valence-corrected chi connectivity index (χ2v) is 10.4. The van der Waals surface area contributed by atoms with Crippen LogP contribution in [0, 0.1) is 0 Å². The molecule has 41 heavy (non-hydrogen) atoms. The third-order valence-electron chi connectivity index (χ3n) is 8.23. The second-order valence-electron chi connectivity index (χ2n) is 10.4. The Hall–Kier alpha value is -5.04. The molecule has 2 aliphatic carbocycles. The molecule has 4 aromatic carbocycles. The Morgan fingerprint density at radius 1 is 0.659 bits per heavy atom. The summed E-state index contributed by atoms with van der Waals surface area (Å²) in [5.41, 5.74) is 7.76. The number of imide groups is 3. The summed E-state index contributed by atoms with van der Waals surface area (Å²) in [6.45, 7) is 0.0402. The van der Waals surface area contributed by atoms with Crippen molar-refractivity contribution in [2.75, 3.05) is 6.61 Å². The Balaban J connectivity index is 1.23. The summed E-state index contributed by atoms with van der Waals surface area (Å²) < 4.78 is 11.7. The van der Waals surface area contributed by atoms with Crippen LogP contribution in [0.25, 0.3) is 22.3 Å². The summed E-state index contributed by atoms with van der Waals surface area (Å²) in [6, 6.07) is 31.3. The molecule has 7 nitrogen and oxygen atoms in total. The molecule has 0 radical (unpaired) electrons. The summed E-state index contributed by atoms with van der Waals surface area (Å²) in [6.07, 6.45) is -2.71. The third-order valence-corrected chi connectivity index (χ3v) is 8.23. The van der Waals surface area contributed by atoms with Crippen molar-refractivity contribution in [1.29, 1.82) is 0 Å². The molecule has 7 rings (SSSR count). The van der Waals surface area contributed by atoms with E-state index in [9.17, 15) is 19.2 Å². The number of esters is 1. The minimum Gasteiger partial charge on any atom is -0.462 e. The van der Waals surface area contributed by atoms with Crippen LogP contribution in [0.5, 0.6) is 0 Å². The molecule has 1 aliphatic heterocycles. The topological polar surface area (TPSA) is 90.0 Å². The van der Waals surface area contributed by atoms with Crippen molar-refractivity contribution in [3.63, 3.8) is 0 Å². The maximum absolute atomic E-state index is 14.0. The van der Waals surface area contributed by atoms with Gasteiger partial charge in [0.15, 0.2) is 0 Å². The van der Waals surface area contributed by atoms with E-state index < -0.39 is 35.9 Å². The first-order valence-electron chi connectivity index (χ1n) is 13.6. The molecule has 3 amide bonds. The quantitative estimate of drug-likeness (QED) is 0.233. The summed E-state index contributed by atoms with van der Waals surface area (Å²) in [7, 11) is 0. The average Bonchev–Trinajstić information content (AvgIpc) is 3.63. The number of nitrogens with zero attached hydrogens (tertiary/aromatic N) is 1. The van der Waals surface area contributed by atoms with E-state index >= 15 is 0 Å². The van der Waals surface area contributed by atoms with Crippen molar-refractivity contribution in [3.05, 3.63) is 119 Å². The van der Waals surface area contributed by atoms with Crippen molar-refractivity contribution in [2.24, 2.45) is 0 Å². The lowest BCUT2D eigenvalue weighted by Gasteiger charge is -2.26. The molecular formula is C34H25NO6. The van der Waals surface area contributed by atoms with E-state index in [1.165, 1.54) is 0 Å². The van der Waals surface area contributed by atoms with Crippen LogP contribution in [0.3, 0.4) is 0 Å². The molecule has 4 aromatic rings. The maximum atomic E-state index is 14.0. The molecule has 1 atom stereocenters. The number of amides is 3. The Kier molecular flexibility index (Phi) is 6.00. The lowest BCUT2D eigenvalue weighted by atomic mass is 9.91. The van der Waals surface area contributed by atoms with Crippen molar-refractivity contribution < 1.29 is 28.7 Å². The third kappa shape index (κ3) is 4.04. The van der Waals surface area contributed by atoms with Gasteiger partial charge in [0.2, 0.25) is 17.9 Å². The number of benzene rings is 4. The highest BCUT2D eigenvalue weighted by Crippen LogP contribution is 2.48. The van der Waals surface area contributed by atoms with Crippen molar-refractivity contribution >= 4 is 23.9 Å². The van der Waals surface area contributed by atoms with Crippen molar-refractivity contribution in [3.8, 4) is 22.3 Å². The van der Waals surface area contributed by atoms with E-state index in [-0.39, 0.29) is 25.4 Å². The zero-order chi connectivity index (χ0) is 28.1. The number of carbonyl (C=O) groups excluding carboxylic acids is 4. The van der Waals surface area contributed by atoms with Gasteiger partial charge in [0.1, 0.15) is 6.61 Å². The van der Waals surface area contributed by atoms with Crippen LogP contribution in [0.2, 0.25) is 0 Å². The zero-order valence-electron chi connectivity index (χ0n) is 22.0. The minimum absolute atomic E-state index is 0.0402. The fraction of sp³-hybridized carbons (Fsp3) is 0.176.